The highest BCUT2D eigenvalue weighted by molar-refractivity contribution is 5.99. The van der Waals surface area contributed by atoms with Gasteiger partial charge in [-0.15, -0.1) is 0 Å². The van der Waals surface area contributed by atoms with Crippen LogP contribution in [0.25, 0.3) is 0 Å². The molecule has 3 rings (SSSR count). The lowest BCUT2D eigenvalue weighted by Crippen LogP contribution is -2.40. The van der Waals surface area contributed by atoms with Gasteiger partial charge in [0, 0.05) is 23.4 Å². The number of nitro groups is 1. The number of carbonyl (C=O) groups is 2. The van der Waals surface area contributed by atoms with E-state index < -0.39 is 28.9 Å². The van der Waals surface area contributed by atoms with Gasteiger partial charge in [-0.1, -0.05) is 18.2 Å². The fraction of sp³-hybridized carbons (Fsp3) is 0.222. The Morgan fingerprint density at radius 3 is 2.58 bits per heavy atom. The van der Waals surface area contributed by atoms with Gasteiger partial charge in [0.1, 0.15) is 11.8 Å². The normalized spacial score (nSPS) is 18.8. The van der Waals surface area contributed by atoms with Gasteiger partial charge in [-0.05, 0) is 31.5 Å². The number of hydrogen-bond donors (Lipinski definition) is 2. The molecule has 2 N–H and O–H groups in total. The van der Waals surface area contributed by atoms with E-state index in [4.69, 9.17) is 4.74 Å². The van der Waals surface area contributed by atoms with E-state index in [0.717, 1.165) is 5.56 Å². The van der Waals surface area contributed by atoms with Gasteiger partial charge in [-0.3, -0.25) is 19.7 Å². The first-order chi connectivity index (χ1) is 12.4. The summed E-state index contributed by atoms with van der Waals surface area (Å²) < 4.78 is 5.71. The van der Waals surface area contributed by atoms with Crippen molar-refractivity contribution in [3.63, 3.8) is 0 Å². The summed E-state index contributed by atoms with van der Waals surface area (Å²) in [7, 11) is 0. The SMILES string of the molecule is Cc1cccc2c1OC(C)C(=O)NC2C(=O)Nc1ccc([N+](=O)[O-])cc1. The molecule has 0 aliphatic carbocycles. The lowest BCUT2D eigenvalue weighted by molar-refractivity contribution is -0.384. The molecule has 1 heterocycles. The van der Waals surface area contributed by atoms with E-state index in [1.807, 2.05) is 13.0 Å². The van der Waals surface area contributed by atoms with Gasteiger partial charge in [0.2, 0.25) is 0 Å². The van der Waals surface area contributed by atoms with Gasteiger partial charge in [-0.2, -0.15) is 0 Å². The van der Waals surface area contributed by atoms with E-state index in [9.17, 15) is 19.7 Å². The summed E-state index contributed by atoms with van der Waals surface area (Å²) in [6, 6.07) is 9.88. The Balaban J connectivity index is 1.89. The Hall–Kier alpha value is -3.42. The number of anilines is 1. The Bertz CT molecular complexity index is 879. The predicted octanol–water partition coefficient (Wildman–Crippen LogP) is 2.48. The molecule has 8 nitrogen and oxygen atoms in total. The third-order valence-electron chi connectivity index (χ3n) is 4.11. The summed E-state index contributed by atoms with van der Waals surface area (Å²) in [6.45, 7) is 3.45. The van der Waals surface area contributed by atoms with Crippen LogP contribution in [0.4, 0.5) is 11.4 Å². The number of non-ortho nitro benzene ring substituents is 1. The standard InChI is InChI=1S/C18H17N3O5/c1-10-4-3-5-14-15(20-17(22)11(2)26-16(10)14)18(23)19-12-6-8-13(9-7-12)21(24)25/h3-9,11,15H,1-2H3,(H,19,23)(H,20,22). The topological polar surface area (TPSA) is 111 Å². The second kappa shape index (κ2) is 6.83. The molecular formula is C18H17N3O5. The van der Waals surface area contributed by atoms with E-state index >= 15 is 0 Å². The van der Waals surface area contributed by atoms with Gasteiger partial charge < -0.3 is 15.4 Å². The number of fused-ring (bicyclic) bond motifs is 1. The van der Waals surface area contributed by atoms with Crippen LogP contribution in [0.15, 0.2) is 42.5 Å². The number of amides is 2. The molecule has 0 saturated heterocycles. The summed E-state index contributed by atoms with van der Waals surface area (Å²) in [6.07, 6.45) is -0.730. The quantitative estimate of drug-likeness (QED) is 0.649. The second-order valence-corrected chi connectivity index (χ2v) is 5.99. The van der Waals surface area contributed by atoms with Gasteiger partial charge in [0.25, 0.3) is 17.5 Å². The largest absolute Gasteiger partial charge is 0.480 e. The Kier molecular flexibility index (Phi) is 4.57. The molecule has 0 radical (unpaired) electrons. The van der Waals surface area contributed by atoms with Crippen molar-refractivity contribution in [2.75, 3.05) is 5.32 Å². The molecule has 1 aliphatic heterocycles. The molecule has 26 heavy (non-hydrogen) atoms. The zero-order chi connectivity index (χ0) is 18.8. The van der Waals surface area contributed by atoms with Crippen LogP contribution in [0, 0.1) is 17.0 Å². The second-order valence-electron chi connectivity index (χ2n) is 5.99. The molecule has 0 fully saturated rings. The molecule has 0 bridgehead atoms. The van der Waals surface area contributed by atoms with E-state index in [-0.39, 0.29) is 5.69 Å². The van der Waals surface area contributed by atoms with Gasteiger partial charge in [-0.25, -0.2) is 0 Å². The highest BCUT2D eigenvalue weighted by Gasteiger charge is 2.33. The van der Waals surface area contributed by atoms with E-state index in [2.05, 4.69) is 10.6 Å². The third kappa shape index (κ3) is 3.34. The minimum absolute atomic E-state index is 0.0750. The smallest absolute Gasteiger partial charge is 0.269 e. The number of benzene rings is 2. The molecule has 2 amide bonds. The number of carbonyl (C=O) groups excluding carboxylic acids is 2. The Morgan fingerprint density at radius 2 is 1.92 bits per heavy atom. The highest BCUT2D eigenvalue weighted by atomic mass is 16.6. The third-order valence-corrected chi connectivity index (χ3v) is 4.11. The van der Waals surface area contributed by atoms with Crippen molar-refractivity contribution >= 4 is 23.2 Å². The molecule has 2 atom stereocenters. The molecule has 0 spiro atoms. The van der Waals surface area contributed by atoms with Gasteiger partial charge in [0.15, 0.2) is 6.10 Å². The van der Waals surface area contributed by atoms with Crippen LogP contribution in [0.1, 0.15) is 24.1 Å². The lowest BCUT2D eigenvalue weighted by Gasteiger charge is -2.18. The summed E-state index contributed by atoms with van der Waals surface area (Å²) in [5.41, 5.74) is 1.69. The zero-order valence-electron chi connectivity index (χ0n) is 14.2. The van der Waals surface area contributed by atoms with Crippen LogP contribution in [-0.4, -0.2) is 22.8 Å². The molecular weight excluding hydrogens is 338 g/mol. The summed E-state index contributed by atoms with van der Waals surface area (Å²) in [5, 5.41) is 16.1. The van der Waals surface area contributed by atoms with Crippen LogP contribution in [0.3, 0.4) is 0 Å². The first-order valence-corrected chi connectivity index (χ1v) is 7.98. The number of hydrogen-bond acceptors (Lipinski definition) is 5. The first-order valence-electron chi connectivity index (χ1n) is 7.98. The van der Waals surface area contributed by atoms with Crippen molar-refractivity contribution < 1.29 is 19.2 Å². The first kappa shape index (κ1) is 17.4. The fourth-order valence-electron chi connectivity index (χ4n) is 2.72. The predicted molar refractivity (Wildman–Crippen MR) is 93.9 cm³/mol. The van der Waals surface area contributed by atoms with Crippen molar-refractivity contribution in [3.8, 4) is 5.75 Å². The number of para-hydroxylation sites is 1. The van der Waals surface area contributed by atoms with Crippen molar-refractivity contribution in [1.82, 2.24) is 5.32 Å². The Labute approximate surface area is 149 Å². The van der Waals surface area contributed by atoms with E-state index in [1.54, 1.807) is 19.1 Å². The Morgan fingerprint density at radius 1 is 1.23 bits per heavy atom. The summed E-state index contributed by atoms with van der Waals surface area (Å²) >= 11 is 0. The maximum atomic E-state index is 12.8. The highest BCUT2D eigenvalue weighted by Crippen LogP contribution is 2.33. The number of rotatable bonds is 3. The average Bonchev–Trinajstić information content (AvgIpc) is 2.73. The van der Waals surface area contributed by atoms with Crippen LogP contribution >= 0.6 is 0 Å². The van der Waals surface area contributed by atoms with Gasteiger partial charge in [0.05, 0.1) is 4.92 Å². The molecule has 2 aromatic rings. The summed E-state index contributed by atoms with van der Waals surface area (Å²) in [5.74, 6) is -0.358. The molecule has 0 saturated carbocycles. The van der Waals surface area contributed by atoms with Crippen LogP contribution < -0.4 is 15.4 Å². The van der Waals surface area contributed by atoms with E-state index in [1.165, 1.54) is 24.3 Å². The average molecular weight is 355 g/mol. The monoisotopic (exact) mass is 355 g/mol. The van der Waals surface area contributed by atoms with E-state index in [0.29, 0.717) is 17.0 Å². The van der Waals surface area contributed by atoms with Crippen molar-refractivity contribution in [1.29, 1.82) is 0 Å². The zero-order valence-corrected chi connectivity index (χ0v) is 14.2. The minimum Gasteiger partial charge on any atom is -0.480 e. The molecule has 1 aliphatic rings. The molecule has 134 valence electrons. The maximum Gasteiger partial charge on any atom is 0.269 e. The maximum absolute atomic E-state index is 12.8. The van der Waals surface area contributed by atoms with Crippen LogP contribution in [0.2, 0.25) is 0 Å². The molecule has 2 unspecified atom stereocenters. The number of nitrogens with one attached hydrogen (secondary N) is 2. The van der Waals surface area contributed by atoms with Crippen molar-refractivity contribution in [2.45, 2.75) is 26.0 Å². The van der Waals surface area contributed by atoms with Crippen molar-refractivity contribution in [3.05, 3.63) is 63.7 Å². The fourth-order valence-corrected chi connectivity index (χ4v) is 2.72. The van der Waals surface area contributed by atoms with Crippen LogP contribution in [0.5, 0.6) is 5.75 Å². The number of nitrogens with zero attached hydrogens (tertiary/aromatic N) is 1. The number of ether oxygens (including phenoxy) is 1. The lowest BCUT2D eigenvalue weighted by atomic mass is 10.0. The molecule has 2 aromatic carbocycles. The van der Waals surface area contributed by atoms with Crippen molar-refractivity contribution in [2.24, 2.45) is 0 Å². The minimum atomic E-state index is -0.933. The summed E-state index contributed by atoms with van der Waals surface area (Å²) in [4.78, 5) is 35.1. The molecule has 0 aromatic heterocycles. The molecule has 8 heteroatoms. The number of aryl methyl sites for hydroxylation is 1. The number of nitro benzene ring substituents is 1. The van der Waals surface area contributed by atoms with Gasteiger partial charge >= 0.3 is 0 Å². The van der Waals surface area contributed by atoms with Crippen LogP contribution in [-0.2, 0) is 9.59 Å².